The summed E-state index contributed by atoms with van der Waals surface area (Å²) in [5.41, 5.74) is 2.27. The lowest BCUT2D eigenvalue weighted by molar-refractivity contribution is -0.130. The van der Waals surface area contributed by atoms with Crippen LogP contribution in [0.5, 0.6) is 17.2 Å². The zero-order valence-corrected chi connectivity index (χ0v) is 15.4. The Balaban J connectivity index is 1.42. The lowest BCUT2D eigenvalue weighted by atomic mass is 10.1. The van der Waals surface area contributed by atoms with E-state index in [1.165, 1.54) is 5.56 Å². The van der Waals surface area contributed by atoms with Crippen molar-refractivity contribution in [1.82, 2.24) is 4.90 Å². The molecule has 3 rings (SSSR count). The van der Waals surface area contributed by atoms with Crippen LogP contribution in [0.2, 0.25) is 0 Å². The molecule has 0 radical (unpaired) electrons. The summed E-state index contributed by atoms with van der Waals surface area (Å²) in [5.74, 6) is 2.47. The smallest absolute Gasteiger partial charge is 0.222 e. The van der Waals surface area contributed by atoms with Crippen LogP contribution in [0.15, 0.2) is 42.5 Å². The highest BCUT2D eigenvalue weighted by Gasteiger charge is 2.13. The minimum absolute atomic E-state index is 0.104. The van der Waals surface area contributed by atoms with Crippen LogP contribution in [-0.4, -0.2) is 44.2 Å². The molecule has 0 saturated heterocycles. The molecule has 1 amide bonds. The molecule has 1 aliphatic rings. The van der Waals surface area contributed by atoms with Crippen LogP contribution in [0.4, 0.5) is 0 Å². The summed E-state index contributed by atoms with van der Waals surface area (Å²) in [5, 5.41) is 0. The second kappa shape index (κ2) is 8.61. The summed E-state index contributed by atoms with van der Waals surface area (Å²) in [6.45, 7) is 4.24. The number of rotatable bonds is 7. The zero-order chi connectivity index (χ0) is 18.4. The van der Waals surface area contributed by atoms with Crippen LogP contribution in [0, 0.1) is 6.92 Å². The minimum atomic E-state index is 0.104. The van der Waals surface area contributed by atoms with Gasteiger partial charge in [0.15, 0.2) is 11.5 Å². The summed E-state index contributed by atoms with van der Waals surface area (Å²) in [6.07, 6.45) is 1.14. The Bertz CT molecular complexity index is 742. The van der Waals surface area contributed by atoms with Crippen molar-refractivity contribution in [3.8, 4) is 17.2 Å². The SMILES string of the molecule is Cc1ccc(OCCN(C)C(=O)CCc2ccc3c(c2)OCCO3)cc1. The van der Waals surface area contributed by atoms with E-state index in [4.69, 9.17) is 14.2 Å². The molecule has 0 spiro atoms. The Morgan fingerprint density at radius 3 is 2.58 bits per heavy atom. The van der Waals surface area contributed by atoms with E-state index < -0.39 is 0 Å². The van der Waals surface area contributed by atoms with E-state index in [1.807, 2.05) is 56.4 Å². The number of benzene rings is 2. The molecule has 1 heterocycles. The number of hydrogen-bond acceptors (Lipinski definition) is 4. The second-order valence-electron chi connectivity index (χ2n) is 6.45. The van der Waals surface area contributed by atoms with Crippen molar-refractivity contribution < 1.29 is 19.0 Å². The van der Waals surface area contributed by atoms with Crippen LogP contribution in [0.25, 0.3) is 0 Å². The Kier molecular flexibility index (Phi) is 6.00. The average Bonchev–Trinajstić information content (AvgIpc) is 2.67. The van der Waals surface area contributed by atoms with Crippen molar-refractivity contribution in [3.05, 3.63) is 53.6 Å². The number of carbonyl (C=O) groups is 1. The van der Waals surface area contributed by atoms with Crippen molar-refractivity contribution in [2.45, 2.75) is 19.8 Å². The van der Waals surface area contributed by atoms with E-state index in [1.54, 1.807) is 4.90 Å². The third-order valence-corrected chi connectivity index (χ3v) is 4.38. The van der Waals surface area contributed by atoms with Crippen molar-refractivity contribution in [2.75, 3.05) is 33.4 Å². The monoisotopic (exact) mass is 355 g/mol. The molecule has 0 N–H and O–H groups in total. The number of aryl methyl sites for hydroxylation is 2. The van der Waals surface area contributed by atoms with Gasteiger partial charge >= 0.3 is 0 Å². The van der Waals surface area contributed by atoms with Gasteiger partial charge in [0.25, 0.3) is 0 Å². The third kappa shape index (κ3) is 4.91. The van der Waals surface area contributed by atoms with E-state index in [2.05, 4.69) is 0 Å². The van der Waals surface area contributed by atoms with Crippen LogP contribution in [0.1, 0.15) is 17.5 Å². The van der Waals surface area contributed by atoms with Crippen molar-refractivity contribution in [1.29, 1.82) is 0 Å². The maximum absolute atomic E-state index is 12.3. The van der Waals surface area contributed by atoms with Gasteiger partial charge in [-0.1, -0.05) is 23.8 Å². The molecule has 0 bridgehead atoms. The lowest BCUT2D eigenvalue weighted by Gasteiger charge is -2.19. The largest absolute Gasteiger partial charge is 0.492 e. The topological polar surface area (TPSA) is 48.0 Å². The predicted molar refractivity (Wildman–Crippen MR) is 100 cm³/mol. The Hall–Kier alpha value is -2.69. The first-order valence-corrected chi connectivity index (χ1v) is 8.94. The zero-order valence-electron chi connectivity index (χ0n) is 15.4. The normalized spacial score (nSPS) is 12.5. The number of likely N-dealkylation sites (N-methyl/N-ethyl adjacent to an activating group) is 1. The first-order chi connectivity index (χ1) is 12.6. The summed E-state index contributed by atoms with van der Waals surface area (Å²) in [4.78, 5) is 14.0. The molecule has 5 heteroatoms. The molecule has 0 aromatic heterocycles. The molecule has 26 heavy (non-hydrogen) atoms. The van der Waals surface area contributed by atoms with E-state index in [0.717, 1.165) is 22.8 Å². The summed E-state index contributed by atoms with van der Waals surface area (Å²) >= 11 is 0. The molecule has 0 fully saturated rings. The second-order valence-corrected chi connectivity index (χ2v) is 6.45. The van der Waals surface area contributed by atoms with E-state index in [-0.39, 0.29) is 5.91 Å². The molecule has 0 unspecified atom stereocenters. The van der Waals surface area contributed by atoms with E-state index in [0.29, 0.717) is 39.2 Å². The van der Waals surface area contributed by atoms with Crippen molar-refractivity contribution >= 4 is 5.91 Å². The van der Waals surface area contributed by atoms with Gasteiger partial charge in [0.05, 0.1) is 6.54 Å². The van der Waals surface area contributed by atoms with Gasteiger partial charge in [0.2, 0.25) is 5.91 Å². The van der Waals surface area contributed by atoms with Gasteiger partial charge in [-0.2, -0.15) is 0 Å². The fourth-order valence-corrected chi connectivity index (χ4v) is 2.75. The highest BCUT2D eigenvalue weighted by molar-refractivity contribution is 5.76. The average molecular weight is 355 g/mol. The summed E-state index contributed by atoms with van der Waals surface area (Å²) in [7, 11) is 1.81. The number of nitrogens with zero attached hydrogens (tertiary/aromatic N) is 1. The highest BCUT2D eigenvalue weighted by atomic mass is 16.6. The fourth-order valence-electron chi connectivity index (χ4n) is 2.75. The number of ether oxygens (including phenoxy) is 3. The van der Waals surface area contributed by atoms with Gasteiger partial charge < -0.3 is 19.1 Å². The van der Waals surface area contributed by atoms with Crippen LogP contribution in [-0.2, 0) is 11.2 Å². The molecule has 2 aromatic rings. The predicted octanol–water partition coefficient (Wildman–Crippen LogP) is 3.24. The molecule has 0 saturated carbocycles. The first kappa shape index (κ1) is 18.1. The number of carbonyl (C=O) groups excluding carboxylic acids is 1. The fraction of sp³-hybridized carbons (Fsp3) is 0.381. The van der Waals surface area contributed by atoms with E-state index >= 15 is 0 Å². The summed E-state index contributed by atoms with van der Waals surface area (Å²) in [6, 6.07) is 13.8. The van der Waals surface area contributed by atoms with Crippen LogP contribution < -0.4 is 14.2 Å². The van der Waals surface area contributed by atoms with Gasteiger partial charge in [-0.05, 0) is 43.2 Å². The minimum Gasteiger partial charge on any atom is -0.492 e. The number of fused-ring (bicyclic) bond motifs is 1. The number of amides is 1. The standard InChI is InChI=1S/C21H25NO4/c1-16-3-7-18(8-4-16)24-12-11-22(2)21(23)10-6-17-5-9-19-20(15-17)26-14-13-25-19/h3-5,7-9,15H,6,10-14H2,1-2H3. The Labute approximate surface area is 154 Å². The van der Waals surface area contributed by atoms with Crippen molar-refractivity contribution in [2.24, 2.45) is 0 Å². The maximum Gasteiger partial charge on any atom is 0.222 e. The van der Waals surface area contributed by atoms with E-state index in [9.17, 15) is 4.79 Å². The Morgan fingerprint density at radius 2 is 1.81 bits per heavy atom. The Morgan fingerprint density at radius 1 is 1.08 bits per heavy atom. The molecule has 2 aromatic carbocycles. The molecule has 0 atom stereocenters. The van der Waals surface area contributed by atoms with Gasteiger partial charge in [0.1, 0.15) is 25.6 Å². The van der Waals surface area contributed by atoms with Gasteiger partial charge in [0, 0.05) is 13.5 Å². The first-order valence-electron chi connectivity index (χ1n) is 8.94. The molecular weight excluding hydrogens is 330 g/mol. The van der Waals surface area contributed by atoms with Gasteiger partial charge in [-0.3, -0.25) is 4.79 Å². The molecule has 0 aliphatic carbocycles. The molecular formula is C21H25NO4. The third-order valence-electron chi connectivity index (χ3n) is 4.38. The van der Waals surface area contributed by atoms with Crippen molar-refractivity contribution in [3.63, 3.8) is 0 Å². The van der Waals surface area contributed by atoms with Gasteiger partial charge in [-0.25, -0.2) is 0 Å². The van der Waals surface area contributed by atoms with Crippen LogP contribution in [0.3, 0.4) is 0 Å². The van der Waals surface area contributed by atoms with Gasteiger partial charge in [-0.15, -0.1) is 0 Å². The molecule has 1 aliphatic heterocycles. The highest BCUT2D eigenvalue weighted by Crippen LogP contribution is 2.31. The lowest BCUT2D eigenvalue weighted by Crippen LogP contribution is -2.31. The molecule has 138 valence electrons. The molecule has 5 nitrogen and oxygen atoms in total. The maximum atomic E-state index is 12.3. The van der Waals surface area contributed by atoms with Crippen LogP contribution >= 0.6 is 0 Å². The quantitative estimate of drug-likeness (QED) is 0.765. The number of hydrogen-bond donors (Lipinski definition) is 0. The summed E-state index contributed by atoms with van der Waals surface area (Å²) < 4.78 is 16.8.